The summed E-state index contributed by atoms with van der Waals surface area (Å²) in [4.78, 5) is 13.2. The summed E-state index contributed by atoms with van der Waals surface area (Å²) in [7, 11) is 0. The molecule has 5 nitrogen and oxygen atoms in total. The Hall–Kier alpha value is -1.59. The first kappa shape index (κ1) is 12.9. The van der Waals surface area contributed by atoms with Crippen molar-refractivity contribution in [3.63, 3.8) is 0 Å². The van der Waals surface area contributed by atoms with Crippen molar-refractivity contribution in [2.24, 2.45) is 5.73 Å². The molecule has 0 radical (unpaired) electrons. The van der Waals surface area contributed by atoms with Crippen LogP contribution in [0, 0.1) is 0 Å². The molecule has 5 heteroatoms. The smallest absolute Gasteiger partial charge is 0.224 e. The van der Waals surface area contributed by atoms with Gasteiger partial charge in [-0.3, -0.25) is 4.79 Å². The lowest BCUT2D eigenvalue weighted by molar-refractivity contribution is -0.116. The molecule has 3 N–H and O–H groups in total. The minimum Gasteiger partial charge on any atom is -0.490 e. The quantitative estimate of drug-likeness (QED) is 0.832. The number of benzene rings is 1. The minimum atomic E-state index is -0.601. The first-order valence-corrected chi connectivity index (χ1v) is 6.06. The standard InChI is InChI=1S/C13H18N2O3/c1-9(16)15-6-7-18-13-3-2-10(8-11(13)15)12(17)4-5-14/h2-3,8,12,17H,4-7,14H2,1H3. The number of carbonyl (C=O) groups excluding carboxylic acids is 1. The highest BCUT2D eigenvalue weighted by Gasteiger charge is 2.22. The highest BCUT2D eigenvalue weighted by atomic mass is 16.5. The first-order chi connectivity index (χ1) is 8.63. The average molecular weight is 250 g/mol. The Balaban J connectivity index is 2.33. The van der Waals surface area contributed by atoms with Gasteiger partial charge in [-0.25, -0.2) is 0 Å². The van der Waals surface area contributed by atoms with Crippen LogP contribution in [0.3, 0.4) is 0 Å². The van der Waals surface area contributed by atoms with E-state index in [9.17, 15) is 9.90 Å². The van der Waals surface area contributed by atoms with E-state index in [4.69, 9.17) is 10.5 Å². The van der Waals surface area contributed by atoms with Crippen molar-refractivity contribution in [2.45, 2.75) is 19.4 Å². The summed E-state index contributed by atoms with van der Waals surface area (Å²) in [5.41, 5.74) is 6.92. The van der Waals surface area contributed by atoms with E-state index in [0.29, 0.717) is 31.9 Å². The third-order valence-electron chi connectivity index (χ3n) is 3.05. The van der Waals surface area contributed by atoms with Gasteiger partial charge >= 0.3 is 0 Å². The molecule has 0 fully saturated rings. The third kappa shape index (κ3) is 2.47. The van der Waals surface area contributed by atoms with E-state index in [0.717, 1.165) is 11.3 Å². The Kier molecular flexibility index (Phi) is 3.84. The summed E-state index contributed by atoms with van der Waals surface area (Å²) < 4.78 is 5.50. The fourth-order valence-corrected chi connectivity index (χ4v) is 2.09. The van der Waals surface area contributed by atoms with Crippen LogP contribution < -0.4 is 15.4 Å². The molecule has 18 heavy (non-hydrogen) atoms. The topological polar surface area (TPSA) is 75.8 Å². The predicted octanol–water partition coefficient (Wildman–Crippen LogP) is 0.814. The number of nitrogens with two attached hydrogens (primary N) is 1. The summed E-state index contributed by atoms with van der Waals surface area (Å²) >= 11 is 0. The molecule has 0 saturated heterocycles. The van der Waals surface area contributed by atoms with E-state index in [2.05, 4.69) is 0 Å². The molecule has 0 aromatic heterocycles. The van der Waals surface area contributed by atoms with Gasteiger partial charge in [0.25, 0.3) is 0 Å². The van der Waals surface area contributed by atoms with Gasteiger partial charge in [-0.2, -0.15) is 0 Å². The van der Waals surface area contributed by atoms with Crippen LogP contribution in [-0.2, 0) is 4.79 Å². The molecule has 1 atom stereocenters. The van der Waals surface area contributed by atoms with Gasteiger partial charge in [0.2, 0.25) is 5.91 Å². The fraction of sp³-hybridized carbons (Fsp3) is 0.462. The maximum absolute atomic E-state index is 11.6. The first-order valence-electron chi connectivity index (χ1n) is 6.06. The molecule has 0 spiro atoms. The lowest BCUT2D eigenvalue weighted by Crippen LogP contribution is -2.36. The SMILES string of the molecule is CC(=O)N1CCOc2ccc(C(O)CCN)cc21. The normalized spacial score (nSPS) is 15.8. The highest BCUT2D eigenvalue weighted by molar-refractivity contribution is 5.93. The van der Waals surface area contributed by atoms with Gasteiger partial charge in [0.1, 0.15) is 12.4 Å². The molecule has 1 aromatic rings. The monoisotopic (exact) mass is 250 g/mol. The molecular weight excluding hydrogens is 232 g/mol. The number of anilines is 1. The van der Waals surface area contributed by atoms with Crippen molar-refractivity contribution in [1.29, 1.82) is 0 Å². The average Bonchev–Trinajstić information content (AvgIpc) is 2.37. The third-order valence-corrected chi connectivity index (χ3v) is 3.05. The van der Waals surface area contributed by atoms with Gasteiger partial charge in [0.15, 0.2) is 0 Å². The number of carbonyl (C=O) groups is 1. The Morgan fingerprint density at radius 1 is 1.61 bits per heavy atom. The van der Waals surface area contributed by atoms with Crippen LogP contribution in [-0.4, -0.2) is 30.7 Å². The van der Waals surface area contributed by atoms with E-state index >= 15 is 0 Å². The second-order valence-electron chi connectivity index (χ2n) is 4.34. The van der Waals surface area contributed by atoms with E-state index < -0.39 is 6.10 Å². The van der Waals surface area contributed by atoms with Gasteiger partial charge in [-0.1, -0.05) is 6.07 Å². The molecule has 1 aliphatic rings. The molecular formula is C13H18N2O3. The van der Waals surface area contributed by atoms with Crippen LogP contribution in [0.2, 0.25) is 0 Å². The van der Waals surface area contributed by atoms with Crippen LogP contribution >= 0.6 is 0 Å². The summed E-state index contributed by atoms with van der Waals surface area (Å²) in [5, 5.41) is 9.92. The molecule has 98 valence electrons. The van der Waals surface area contributed by atoms with Crippen molar-refractivity contribution >= 4 is 11.6 Å². The molecule has 0 saturated carbocycles. The number of ether oxygens (including phenoxy) is 1. The van der Waals surface area contributed by atoms with Crippen LogP contribution in [0.25, 0.3) is 0 Å². The molecule has 1 heterocycles. The number of hydrogen-bond acceptors (Lipinski definition) is 4. The number of hydrogen-bond donors (Lipinski definition) is 2. The number of rotatable bonds is 3. The van der Waals surface area contributed by atoms with Crippen molar-refractivity contribution in [3.05, 3.63) is 23.8 Å². The van der Waals surface area contributed by atoms with Crippen LogP contribution in [0.15, 0.2) is 18.2 Å². The lowest BCUT2D eigenvalue weighted by atomic mass is 10.0. The number of aliphatic hydroxyl groups excluding tert-OH is 1. The summed E-state index contributed by atoms with van der Waals surface area (Å²) in [5.74, 6) is 0.658. The van der Waals surface area contributed by atoms with Gasteiger partial charge in [-0.15, -0.1) is 0 Å². The maximum atomic E-state index is 11.6. The lowest BCUT2D eigenvalue weighted by Gasteiger charge is -2.29. The van der Waals surface area contributed by atoms with Crippen molar-refractivity contribution < 1.29 is 14.6 Å². The zero-order valence-corrected chi connectivity index (χ0v) is 10.4. The van der Waals surface area contributed by atoms with Crippen molar-refractivity contribution in [1.82, 2.24) is 0 Å². The molecule has 1 unspecified atom stereocenters. The number of nitrogens with zero attached hydrogens (tertiary/aromatic N) is 1. The predicted molar refractivity (Wildman–Crippen MR) is 68.6 cm³/mol. The number of aliphatic hydroxyl groups is 1. The molecule has 0 bridgehead atoms. The van der Waals surface area contributed by atoms with Gasteiger partial charge in [-0.05, 0) is 30.7 Å². The van der Waals surface area contributed by atoms with E-state index in [1.54, 1.807) is 17.0 Å². The zero-order chi connectivity index (χ0) is 13.1. The molecule has 1 aromatic carbocycles. The number of fused-ring (bicyclic) bond motifs is 1. The van der Waals surface area contributed by atoms with Crippen molar-refractivity contribution in [3.8, 4) is 5.75 Å². The van der Waals surface area contributed by atoms with Crippen LogP contribution in [0.4, 0.5) is 5.69 Å². The maximum Gasteiger partial charge on any atom is 0.224 e. The Labute approximate surface area is 106 Å². The second kappa shape index (κ2) is 5.37. The second-order valence-corrected chi connectivity index (χ2v) is 4.34. The van der Waals surface area contributed by atoms with Gasteiger partial charge in [0, 0.05) is 6.92 Å². The van der Waals surface area contributed by atoms with E-state index in [1.165, 1.54) is 6.92 Å². The Bertz CT molecular complexity index is 448. The van der Waals surface area contributed by atoms with Gasteiger partial charge in [0.05, 0.1) is 18.3 Å². The highest BCUT2D eigenvalue weighted by Crippen LogP contribution is 2.34. The molecule has 2 rings (SSSR count). The summed E-state index contributed by atoms with van der Waals surface area (Å²) in [6, 6.07) is 5.40. The van der Waals surface area contributed by atoms with Crippen molar-refractivity contribution in [2.75, 3.05) is 24.6 Å². The summed E-state index contributed by atoms with van der Waals surface area (Å²) in [6.45, 7) is 2.99. The number of amides is 1. The largest absolute Gasteiger partial charge is 0.490 e. The Morgan fingerprint density at radius 3 is 3.06 bits per heavy atom. The zero-order valence-electron chi connectivity index (χ0n) is 10.4. The molecule has 1 amide bonds. The van der Waals surface area contributed by atoms with Crippen LogP contribution in [0.1, 0.15) is 25.0 Å². The Morgan fingerprint density at radius 2 is 2.39 bits per heavy atom. The van der Waals surface area contributed by atoms with E-state index in [1.807, 2.05) is 6.07 Å². The van der Waals surface area contributed by atoms with E-state index in [-0.39, 0.29) is 5.91 Å². The van der Waals surface area contributed by atoms with Gasteiger partial charge < -0.3 is 20.5 Å². The fourth-order valence-electron chi connectivity index (χ4n) is 2.09. The molecule has 1 aliphatic heterocycles. The summed E-state index contributed by atoms with van der Waals surface area (Å²) in [6.07, 6.45) is -0.101. The van der Waals surface area contributed by atoms with Crippen LogP contribution in [0.5, 0.6) is 5.75 Å². The molecule has 0 aliphatic carbocycles. The minimum absolute atomic E-state index is 0.0231.